The van der Waals surface area contributed by atoms with Crippen molar-refractivity contribution < 1.29 is 4.79 Å². The molecule has 0 N–H and O–H groups in total. The Morgan fingerprint density at radius 1 is 1.75 bits per heavy atom. The van der Waals surface area contributed by atoms with Crippen molar-refractivity contribution in [1.29, 1.82) is 0 Å². The van der Waals surface area contributed by atoms with E-state index in [1.54, 1.807) is 5.38 Å². The van der Waals surface area contributed by atoms with Gasteiger partial charge in [-0.2, -0.15) is 0 Å². The van der Waals surface area contributed by atoms with E-state index in [0.717, 1.165) is 12.0 Å². The number of carbonyl (C=O) groups excluding carboxylic acids is 1. The van der Waals surface area contributed by atoms with Crippen LogP contribution in [0.5, 0.6) is 0 Å². The number of nitrogens with zero attached hydrogens (tertiary/aromatic N) is 2. The van der Waals surface area contributed by atoms with E-state index in [0.29, 0.717) is 12.1 Å². The van der Waals surface area contributed by atoms with Crippen LogP contribution >= 0.6 is 11.5 Å². The van der Waals surface area contributed by atoms with Crippen LogP contribution in [-0.2, 0) is 0 Å². The summed E-state index contributed by atoms with van der Waals surface area (Å²) in [5.41, 5.74) is 1.39. The molecule has 0 saturated heterocycles. The Morgan fingerprint density at radius 2 is 2.50 bits per heavy atom. The predicted octanol–water partition coefficient (Wildman–Crippen LogP) is 2.08. The van der Waals surface area contributed by atoms with E-state index in [9.17, 15) is 4.79 Å². The lowest BCUT2D eigenvalue weighted by Gasteiger charge is -1.97. The molecule has 12 heavy (non-hydrogen) atoms. The number of rotatable bonds is 4. The molecular formula is C8H10N2OS. The highest BCUT2D eigenvalue weighted by Gasteiger charge is 2.08. The molecule has 0 fully saturated rings. The molecule has 0 unspecified atom stereocenters. The third kappa shape index (κ3) is 2.23. The van der Waals surface area contributed by atoms with Gasteiger partial charge in [-0.15, -0.1) is 5.10 Å². The van der Waals surface area contributed by atoms with E-state index in [4.69, 9.17) is 0 Å². The summed E-state index contributed by atoms with van der Waals surface area (Å²) in [6.45, 7) is 5.74. The first-order chi connectivity index (χ1) is 5.74. The van der Waals surface area contributed by atoms with Gasteiger partial charge in [0.1, 0.15) is 5.69 Å². The molecule has 0 bridgehead atoms. The second-order valence-electron chi connectivity index (χ2n) is 2.49. The molecule has 4 heteroatoms. The Morgan fingerprint density at radius 3 is 3.00 bits per heavy atom. The summed E-state index contributed by atoms with van der Waals surface area (Å²) in [4.78, 5) is 11.3. The van der Waals surface area contributed by atoms with Crippen molar-refractivity contribution in [1.82, 2.24) is 9.59 Å². The number of hydrogen-bond donors (Lipinski definition) is 0. The van der Waals surface area contributed by atoms with Crippen molar-refractivity contribution in [3.05, 3.63) is 23.2 Å². The molecule has 64 valence electrons. The van der Waals surface area contributed by atoms with E-state index < -0.39 is 0 Å². The molecule has 0 aliphatic carbocycles. The van der Waals surface area contributed by atoms with Gasteiger partial charge in [0.25, 0.3) is 0 Å². The standard InChI is InChI=1S/C8H10N2OS/c1-3-6(2)4-8(11)7-5-12-10-9-7/h5H,2-4H2,1H3. The Bertz CT molecular complexity index is 279. The van der Waals surface area contributed by atoms with Crippen molar-refractivity contribution in [2.45, 2.75) is 19.8 Å². The van der Waals surface area contributed by atoms with E-state index in [2.05, 4.69) is 16.2 Å². The second-order valence-corrected chi connectivity index (χ2v) is 3.10. The molecule has 0 aromatic carbocycles. The Hall–Kier alpha value is -1.03. The molecule has 3 nitrogen and oxygen atoms in total. The fourth-order valence-corrected chi connectivity index (χ4v) is 1.19. The quantitative estimate of drug-likeness (QED) is 0.529. The average molecular weight is 182 g/mol. The third-order valence-corrected chi connectivity index (χ3v) is 2.06. The molecule has 0 saturated carbocycles. The molecule has 0 atom stereocenters. The minimum Gasteiger partial charge on any atom is -0.292 e. The minimum absolute atomic E-state index is 0.00981. The molecule has 0 amide bonds. The molecule has 0 aliphatic rings. The highest BCUT2D eigenvalue weighted by molar-refractivity contribution is 7.03. The average Bonchev–Trinajstić information content (AvgIpc) is 2.56. The Balaban J connectivity index is 2.56. The van der Waals surface area contributed by atoms with Crippen LogP contribution in [0.2, 0.25) is 0 Å². The van der Waals surface area contributed by atoms with Crippen LogP contribution < -0.4 is 0 Å². The summed E-state index contributed by atoms with van der Waals surface area (Å²) in [6.07, 6.45) is 1.23. The summed E-state index contributed by atoms with van der Waals surface area (Å²) in [5, 5.41) is 5.34. The highest BCUT2D eigenvalue weighted by atomic mass is 32.1. The van der Waals surface area contributed by atoms with Crippen molar-refractivity contribution in [2.24, 2.45) is 0 Å². The highest BCUT2D eigenvalue weighted by Crippen LogP contribution is 2.09. The van der Waals surface area contributed by atoms with Crippen LogP contribution in [0.4, 0.5) is 0 Å². The van der Waals surface area contributed by atoms with Crippen LogP contribution in [0.25, 0.3) is 0 Å². The lowest BCUT2D eigenvalue weighted by molar-refractivity contribution is 0.0987. The number of aromatic nitrogens is 2. The van der Waals surface area contributed by atoms with Crippen LogP contribution in [-0.4, -0.2) is 15.4 Å². The van der Waals surface area contributed by atoms with Crippen LogP contribution in [0.15, 0.2) is 17.5 Å². The minimum atomic E-state index is 0.00981. The molecule has 0 radical (unpaired) electrons. The first kappa shape index (κ1) is 9.06. The molecule has 0 spiro atoms. The maximum absolute atomic E-state index is 11.3. The van der Waals surface area contributed by atoms with Crippen LogP contribution in [0.3, 0.4) is 0 Å². The first-order valence-corrected chi connectivity index (χ1v) is 4.54. The maximum atomic E-state index is 11.3. The summed E-state index contributed by atoms with van der Waals surface area (Å²) >= 11 is 1.19. The number of allylic oxidation sites excluding steroid dienone is 1. The van der Waals surface area contributed by atoms with Crippen molar-refractivity contribution in [3.8, 4) is 0 Å². The summed E-state index contributed by atoms with van der Waals surface area (Å²) in [5.74, 6) is 0.00981. The van der Waals surface area contributed by atoms with E-state index in [-0.39, 0.29) is 5.78 Å². The number of Topliss-reactive ketones (excluding diaryl/α,β-unsaturated/α-hetero) is 1. The molecule has 1 aromatic rings. The SMILES string of the molecule is C=C(CC)CC(=O)c1csnn1. The topological polar surface area (TPSA) is 42.9 Å². The van der Waals surface area contributed by atoms with Gasteiger partial charge >= 0.3 is 0 Å². The van der Waals surface area contributed by atoms with Crippen molar-refractivity contribution in [2.75, 3.05) is 0 Å². The van der Waals surface area contributed by atoms with Gasteiger partial charge < -0.3 is 0 Å². The second kappa shape index (κ2) is 4.11. The van der Waals surface area contributed by atoms with Gasteiger partial charge in [-0.1, -0.05) is 23.6 Å². The van der Waals surface area contributed by atoms with Gasteiger partial charge in [-0.25, -0.2) is 0 Å². The van der Waals surface area contributed by atoms with Crippen LogP contribution in [0.1, 0.15) is 30.3 Å². The normalized spacial score (nSPS) is 9.75. The van der Waals surface area contributed by atoms with E-state index >= 15 is 0 Å². The first-order valence-electron chi connectivity index (χ1n) is 3.71. The van der Waals surface area contributed by atoms with Gasteiger partial charge in [0, 0.05) is 11.8 Å². The maximum Gasteiger partial charge on any atom is 0.188 e. The van der Waals surface area contributed by atoms with Gasteiger partial charge in [0.2, 0.25) is 0 Å². The zero-order chi connectivity index (χ0) is 8.97. The monoisotopic (exact) mass is 182 g/mol. The van der Waals surface area contributed by atoms with Gasteiger partial charge in [0.05, 0.1) is 0 Å². The van der Waals surface area contributed by atoms with E-state index in [1.807, 2.05) is 6.92 Å². The smallest absolute Gasteiger partial charge is 0.188 e. The Labute approximate surface area is 75.3 Å². The molecule has 0 aliphatic heterocycles. The van der Waals surface area contributed by atoms with Crippen molar-refractivity contribution >= 4 is 17.3 Å². The molecule has 1 heterocycles. The predicted molar refractivity (Wildman–Crippen MR) is 48.3 cm³/mol. The van der Waals surface area contributed by atoms with Gasteiger partial charge in [-0.3, -0.25) is 4.79 Å². The van der Waals surface area contributed by atoms with E-state index in [1.165, 1.54) is 11.5 Å². The number of carbonyl (C=O) groups is 1. The zero-order valence-corrected chi connectivity index (χ0v) is 7.73. The van der Waals surface area contributed by atoms with Gasteiger partial charge in [0.15, 0.2) is 5.78 Å². The number of ketones is 1. The fourth-order valence-electron chi connectivity index (χ4n) is 0.729. The summed E-state index contributed by atoms with van der Waals surface area (Å²) in [6, 6.07) is 0. The number of hydrogen-bond acceptors (Lipinski definition) is 4. The molecule has 1 aromatic heterocycles. The molecule has 1 rings (SSSR count). The molecular weight excluding hydrogens is 172 g/mol. The summed E-state index contributed by atoms with van der Waals surface area (Å²) < 4.78 is 3.62. The summed E-state index contributed by atoms with van der Waals surface area (Å²) in [7, 11) is 0. The Kier molecular flexibility index (Phi) is 3.10. The van der Waals surface area contributed by atoms with Crippen LogP contribution in [0, 0.1) is 0 Å². The lowest BCUT2D eigenvalue weighted by Crippen LogP contribution is -2.00. The lowest BCUT2D eigenvalue weighted by atomic mass is 10.1. The fraction of sp³-hybridized carbons (Fsp3) is 0.375. The van der Waals surface area contributed by atoms with Gasteiger partial charge in [-0.05, 0) is 18.0 Å². The largest absolute Gasteiger partial charge is 0.292 e. The third-order valence-electron chi connectivity index (χ3n) is 1.56. The van der Waals surface area contributed by atoms with Crippen molar-refractivity contribution in [3.63, 3.8) is 0 Å². The zero-order valence-electron chi connectivity index (χ0n) is 6.91.